The summed E-state index contributed by atoms with van der Waals surface area (Å²) < 4.78 is 5.21. The predicted molar refractivity (Wildman–Crippen MR) is 77.8 cm³/mol. The monoisotopic (exact) mass is 272 g/mol. The van der Waals surface area contributed by atoms with E-state index in [1.807, 2.05) is 43.3 Å². The maximum Gasteiger partial charge on any atom is 0.138 e. The van der Waals surface area contributed by atoms with Gasteiger partial charge in [0.25, 0.3) is 0 Å². The van der Waals surface area contributed by atoms with Crippen molar-refractivity contribution in [2.24, 2.45) is 0 Å². The normalized spacial score (nSPS) is 10.9. The van der Waals surface area contributed by atoms with Gasteiger partial charge >= 0.3 is 0 Å². The summed E-state index contributed by atoms with van der Waals surface area (Å²) in [4.78, 5) is 7.91. The van der Waals surface area contributed by atoms with Gasteiger partial charge in [0.1, 0.15) is 11.6 Å². The highest BCUT2D eigenvalue weighted by atomic mass is 35.5. The fourth-order valence-electron chi connectivity index (χ4n) is 2.14. The highest BCUT2D eigenvalue weighted by Crippen LogP contribution is 2.27. The van der Waals surface area contributed by atoms with Crippen molar-refractivity contribution in [1.82, 2.24) is 9.97 Å². The molecule has 2 aromatic carbocycles. The van der Waals surface area contributed by atoms with E-state index in [0.29, 0.717) is 0 Å². The number of H-pyrrole nitrogens is 1. The molecule has 3 nitrogen and oxygen atoms in total. The minimum absolute atomic E-state index is 0.735. The average Bonchev–Trinajstić information content (AvgIpc) is 2.80. The quantitative estimate of drug-likeness (QED) is 0.759. The zero-order valence-corrected chi connectivity index (χ0v) is 11.5. The molecule has 0 atom stereocenters. The highest BCUT2D eigenvalue weighted by molar-refractivity contribution is 6.30. The summed E-state index contributed by atoms with van der Waals surface area (Å²) in [5.41, 5.74) is 4.03. The maximum absolute atomic E-state index is 5.98. The zero-order chi connectivity index (χ0) is 13.4. The van der Waals surface area contributed by atoms with Crippen LogP contribution in [0.25, 0.3) is 22.4 Å². The number of aromatic amines is 1. The van der Waals surface area contributed by atoms with Crippen LogP contribution in [0.2, 0.25) is 5.02 Å². The van der Waals surface area contributed by atoms with E-state index < -0.39 is 0 Å². The summed E-state index contributed by atoms with van der Waals surface area (Å²) in [6.07, 6.45) is 0. The Labute approximate surface area is 116 Å². The van der Waals surface area contributed by atoms with Gasteiger partial charge in [0.05, 0.1) is 18.1 Å². The number of hydrogen-bond acceptors (Lipinski definition) is 2. The van der Waals surface area contributed by atoms with Gasteiger partial charge < -0.3 is 9.72 Å². The summed E-state index contributed by atoms with van der Waals surface area (Å²) in [6.45, 7) is 2.02. The Balaban J connectivity index is 2.14. The van der Waals surface area contributed by atoms with Gasteiger partial charge in [-0.3, -0.25) is 0 Å². The molecule has 1 N–H and O–H groups in total. The number of aryl methyl sites for hydroxylation is 1. The topological polar surface area (TPSA) is 37.9 Å². The van der Waals surface area contributed by atoms with Crippen molar-refractivity contribution in [2.75, 3.05) is 7.11 Å². The molecule has 4 heteroatoms. The third-order valence-electron chi connectivity index (χ3n) is 3.13. The number of ether oxygens (including phenoxy) is 1. The van der Waals surface area contributed by atoms with E-state index in [1.54, 1.807) is 7.11 Å². The molecular formula is C15H13ClN2O. The van der Waals surface area contributed by atoms with Crippen LogP contribution >= 0.6 is 11.6 Å². The molecule has 19 heavy (non-hydrogen) atoms. The summed E-state index contributed by atoms with van der Waals surface area (Å²) in [5.74, 6) is 1.66. The molecule has 0 fully saturated rings. The summed E-state index contributed by atoms with van der Waals surface area (Å²) in [5, 5.41) is 0.735. The molecule has 0 amide bonds. The Hall–Kier alpha value is -2.00. The zero-order valence-electron chi connectivity index (χ0n) is 10.7. The molecular weight excluding hydrogens is 260 g/mol. The van der Waals surface area contributed by atoms with Crippen LogP contribution in [0.1, 0.15) is 5.56 Å². The summed E-state index contributed by atoms with van der Waals surface area (Å²) in [6, 6.07) is 11.6. The fraction of sp³-hybridized carbons (Fsp3) is 0.133. The SMILES string of the molecule is COc1ccc2nc(-c3ccc(Cl)cc3C)[nH]c2c1. The summed E-state index contributed by atoms with van der Waals surface area (Å²) in [7, 11) is 1.65. The van der Waals surface area contributed by atoms with Crippen molar-refractivity contribution < 1.29 is 4.74 Å². The third kappa shape index (κ3) is 2.17. The Morgan fingerprint density at radius 1 is 1.16 bits per heavy atom. The van der Waals surface area contributed by atoms with Gasteiger partial charge in [-0.15, -0.1) is 0 Å². The molecule has 0 saturated heterocycles. The number of rotatable bonds is 2. The van der Waals surface area contributed by atoms with E-state index in [1.165, 1.54) is 0 Å². The van der Waals surface area contributed by atoms with Crippen molar-refractivity contribution in [3.63, 3.8) is 0 Å². The number of aromatic nitrogens is 2. The molecule has 0 aliphatic carbocycles. The summed E-state index contributed by atoms with van der Waals surface area (Å²) >= 11 is 5.98. The Morgan fingerprint density at radius 3 is 2.74 bits per heavy atom. The van der Waals surface area contributed by atoms with Gasteiger partial charge in [0.15, 0.2) is 0 Å². The van der Waals surface area contributed by atoms with Crippen LogP contribution < -0.4 is 4.74 Å². The number of benzene rings is 2. The number of methoxy groups -OCH3 is 1. The van der Waals surface area contributed by atoms with E-state index in [-0.39, 0.29) is 0 Å². The van der Waals surface area contributed by atoms with Crippen LogP contribution in [0.4, 0.5) is 0 Å². The fourth-order valence-corrected chi connectivity index (χ4v) is 2.36. The van der Waals surface area contributed by atoms with E-state index in [9.17, 15) is 0 Å². The molecule has 96 valence electrons. The first-order chi connectivity index (χ1) is 9.17. The van der Waals surface area contributed by atoms with Crippen LogP contribution in [0, 0.1) is 6.92 Å². The third-order valence-corrected chi connectivity index (χ3v) is 3.37. The lowest BCUT2D eigenvalue weighted by Crippen LogP contribution is -1.85. The lowest BCUT2D eigenvalue weighted by molar-refractivity contribution is 0.415. The molecule has 0 radical (unpaired) electrons. The van der Waals surface area contributed by atoms with E-state index >= 15 is 0 Å². The first-order valence-electron chi connectivity index (χ1n) is 5.97. The van der Waals surface area contributed by atoms with Crippen LogP contribution in [0.5, 0.6) is 5.75 Å². The van der Waals surface area contributed by atoms with Gasteiger partial charge in [-0.25, -0.2) is 4.98 Å². The molecule has 0 aliphatic heterocycles. The van der Waals surface area contributed by atoms with Crippen LogP contribution in [-0.4, -0.2) is 17.1 Å². The van der Waals surface area contributed by atoms with Crippen molar-refractivity contribution in [2.45, 2.75) is 6.92 Å². The molecule has 1 heterocycles. The Bertz CT molecular complexity index is 749. The van der Waals surface area contributed by atoms with E-state index in [4.69, 9.17) is 16.3 Å². The van der Waals surface area contributed by atoms with Crippen LogP contribution in [0.15, 0.2) is 36.4 Å². The van der Waals surface area contributed by atoms with Crippen LogP contribution in [0.3, 0.4) is 0 Å². The standard InChI is InChI=1S/C15H13ClN2O/c1-9-7-10(16)3-5-12(9)15-17-13-6-4-11(19-2)8-14(13)18-15/h3-8H,1-2H3,(H,17,18). The second kappa shape index (κ2) is 4.59. The second-order valence-corrected chi connectivity index (χ2v) is 4.86. The molecule has 0 spiro atoms. The van der Waals surface area contributed by atoms with Gasteiger partial charge in [-0.2, -0.15) is 0 Å². The van der Waals surface area contributed by atoms with Gasteiger partial charge in [0, 0.05) is 16.7 Å². The first kappa shape index (κ1) is 12.1. The molecule has 3 rings (SSSR count). The van der Waals surface area contributed by atoms with Gasteiger partial charge in [-0.1, -0.05) is 11.6 Å². The number of nitrogens with one attached hydrogen (secondary N) is 1. The first-order valence-corrected chi connectivity index (χ1v) is 6.35. The van der Waals surface area contributed by atoms with Crippen molar-refractivity contribution >= 4 is 22.6 Å². The smallest absolute Gasteiger partial charge is 0.138 e. The van der Waals surface area contributed by atoms with Crippen LogP contribution in [-0.2, 0) is 0 Å². The number of nitrogens with zero attached hydrogens (tertiary/aromatic N) is 1. The minimum Gasteiger partial charge on any atom is -0.497 e. The highest BCUT2D eigenvalue weighted by Gasteiger charge is 2.08. The number of halogens is 1. The lowest BCUT2D eigenvalue weighted by Gasteiger charge is -2.02. The van der Waals surface area contributed by atoms with Gasteiger partial charge in [-0.05, 0) is 42.8 Å². The Morgan fingerprint density at radius 2 is 2.00 bits per heavy atom. The minimum atomic E-state index is 0.735. The molecule has 0 saturated carbocycles. The number of imidazole rings is 1. The average molecular weight is 273 g/mol. The predicted octanol–water partition coefficient (Wildman–Crippen LogP) is 4.20. The molecule has 0 bridgehead atoms. The number of hydrogen-bond donors (Lipinski definition) is 1. The largest absolute Gasteiger partial charge is 0.497 e. The number of fused-ring (bicyclic) bond motifs is 1. The van der Waals surface area contributed by atoms with Gasteiger partial charge in [0.2, 0.25) is 0 Å². The Kier molecular flexibility index (Phi) is 2.91. The van der Waals surface area contributed by atoms with Crippen molar-refractivity contribution in [1.29, 1.82) is 0 Å². The van der Waals surface area contributed by atoms with E-state index in [0.717, 1.165) is 38.8 Å². The molecule has 1 aromatic heterocycles. The second-order valence-electron chi connectivity index (χ2n) is 4.43. The molecule has 3 aromatic rings. The maximum atomic E-state index is 5.98. The molecule has 0 unspecified atom stereocenters. The molecule has 0 aliphatic rings. The van der Waals surface area contributed by atoms with Crippen molar-refractivity contribution in [3.05, 3.63) is 47.0 Å². The van der Waals surface area contributed by atoms with E-state index in [2.05, 4.69) is 9.97 Å². The van der Waals surface area contributed by atoms with Crippen molar-refractivity contribution in [3.8, 4) is 17.1 Å². The lowest BCUT2D eigenvalue weighted by atomic mass is 10.1.